The van der Waals surface area contributed by atoms with Crippen LogP contribution in [0.5, 0.6) is 0 Å². The molecule has 0 aliphatic carbocycles. The van der Waals surface area contributed by atoms with Gasteiger partial charge in [-0.15, -0.1) is 0 Å². The zero-order valence-corrected chi connectivity index (χ0v) is 18.3. The van der Waals surface area contributed by atoms with E-state index in [0.717, 1.165) is 0 Å². The number of aliphatic carboxylic acids is 3. The van der Waals surface area contributed by atoms with Gasteiger partial charge < -0.3 is 79.9 Å². The highest BCUT2D eigenvalue weighted by Gasteiger charge is 2.56. The molecule has 0 bridgehead atoms. The second kappa shape index (κ2) is 11.3. The second-order valence-electron chi connectivity index (χ2n) is 8.45. The highest BCUT2D eigenvalue weighted by atomic mass is 16.8. The van der Waals surface area contributed by atoms with Crippen LogP contribution in [0.4, 0.5) is 0 Å². The van der Waals surface area contributed by atoms with Gasteiger partial charge in [0.15, 0.2) is 37.2 Å². The van der Waals surface area contributed by atoms with Crippen molar-refractivity contribution in [3.8, 4) is 0 Å². The first-order valence-electron chi connectivity index (χ1n) is 10.6. The molecule has 19 nitrogen and oxygen atoms in total. The van der Waals surface area contributed by atoms with Crippen molar-refractivity contribution in [2.24, 2.45) is 0 Å². The summed E-state index contributed by atoms with van der Waals surface area (Å²) in [5.41, 5.74) is 0. The minimum Gasteiger partial charge on any atom is -0.479 e. The lowest BCUT2D eigenvalue weighted by Gasteiger charge is -2.46. The van der Waals surface area contributed by atoms with Crippen molar-refractivity contribution in [1.29, 1.82) is 0 Å². The molecule has 3 saturated heterocycles. The van der Waals surface area contributed by atoms with Crippen LogP contribution in [0.3, 0.4) is 0 Å². The van der Waals surface area contributed by atoms with Crippen molar-refractivity contribution in [3.63, 3.8) is 0 Å². The molecule has 0 aromatic rings. The zero-order chi connectivity index (χ0) is 27.9. The Kier molecular flexibility index (Phi) is 9.01. The Morgan fingerprint density at radius 1 is 0.459 bits per heavy atom. The molecule has 0 aromatic heterocycles. The highest BCUT2D eigenvalue weighted by molar-refractivity contribution is 5.74. The number of rotatable bonds is 7. The van der Waals surface area contributed by atoms with Crippen LogP contribution in [-0.4, -0.2) is 166 Å². The molecule has 11 N–H and O–H groups in total. The molecule has 0 unspecified atom stereocenters. The fourth-order valence-electron chi connectivity index (χ4n) is 3.98. The molecular formula is C18H26O19. The van der Waals surface area contributed by atoms with Crippen molar-refractivity contribution in [1.82, 2.24) is 0 Å². The van der Waals surface area contributed by atoms with Crippen LogP contribution in [0, 0.1) is 0 Å². The maximum absolute atomic E-state index is 11.8. The van der Waals surface area contributed by atoms with Gasteiger partial charge in [-0.25, -0.2) is 14.4 Å². The molecule has 0 radical (unpaired) electrons. The number of carboxylic acid groups (broad SMARTS) is 3. The molecular weight excluding hydrogens is 520 g/mol. The predicted molar refractivity (Wildman–Crippen MR) is 103 cm³/mol. The largest absolute Gasteiger partial charge is 0.479 e. The fraction of sp³-hybridized carbons (Fsp3) is 0.833. The smallest absolute Gasteiger partial charge is 0.335 e. The van der Waals surface area contributed by atoms with Crippen molar-refractivity contribution in [2.45, 2.75) is 92.1 Å². The molecule has 0 aromatic carbocycles. The van der Waals surface area contributed by atoms with Crippen LogP contribution in [0.15, 0.2) is 0 Å². The first kappa shape index (κ1) is 29.4. The SMILES string of the molecule is O=C(O)[C@H]1O[C@H](O[C@H]2[C@H](O)[C@H](O)[C@@H](O[C@H]3[C@H](O)[C@H](O)[C@@H](O)O[C@@H]3C(=O)O)O[C@@H]2C(=O)O)[C@@H](O)[C@@H](O)[C@@H]1O. The standard InChI is InChI=1S/C18H26O19/c19-1-2(20)10(13(26)27)36-17(6(1)24)35-9-4(22)7(25)18(37-12(9)15(30)31)34-8-3(21)5(23)16(32)33-11(8)14(28)29/h1-12,16-25,32H,(H,26,27)(H,28,29)(H,30,31)/t1-,2-,3+,4+,5-,6-,7-,8-,9-,10-,11-,12-,16-,17-,18-/m0/s1. The number of aliphatic hydroxyl groups is 8. The Labute approximate surface area is 205 Å². The van der Waals surface area contributed by atoms with Crippen LogP contribution < -0.4 is 0 Å². The number of hydrogen-bond acceptors (Lipinski definition) is 16. The summed E-state index contributed by atoms with van der Waals surface area (Å²) in [6.45, 7) is 0. The van der Waals surface area contributed by atoms with Crippen molar-refractivity contribution < 1.29 is 94.2 Å². The predicted octanol–water partition coefficient (Wildman–Crippen LogP) is -7.30. The summed E-state index contributed by atoms with van der Waals surface area (Å²) in [6.07, 6.45) is -32.5. The molecule has 3 aliphatic heterocycles. The number of carboxylic acids is 3. The van der Waals surface area contributed by atoms with Crippen molar-refractivity contribution in [3.05, 3.63) is 0 Å². The average molecular weight is 546 g/mol. The third kappa shape index (κ3) is 5.68. The minimum atomic E-state index is -2.29. The Hall–Kier alpha value is -2.11. The van der Waals surface area contributed by atoms with Gasteiger partial charge in [-0.05, 0) is 0 Å². The van der Waals surface area contributed by atoms with E-state index >= 15 is 0 Å². The summed E-state index contributed by atoms with van der Waals surface area (Å²) in [6, 6.07) is 0. The van der Waals surface area contributed by atoms with Crippen LogP contribution >= 0.6 is 0 Å². The van der Waals surface area contributed by atoms with E-state index in [9.17, 15) is 65.4 Å². The lowest BCUT2D eigenvalue weighted by molar-refractivity contribution is -0.368. The van der Waals surface area contributed by atoms with E-state index in [-0.39, 0.29) is 0 Å². The maximum Gasteiger partial charge on any atom is 0.335 e. The Morgan fingerprint density at radius 2 is 0.838 bits per heavy atom. The van der Waals surface area contributed by atoms with Gasteiger partial charge in [0.05, 0.1) is 0 Å². The van der Waals surface area contributed by atoms with E-state index < -0.39 is 110 Å². The van der Waals surface area contributed by atoms with Gasteiger partial charge in [0.1, 0.15) is 54.9 Å². The van der Waals surface area contributed by atoms with Gasteiger partial charge in [0.25, 0.3) is 0 Å². The summed E-state index contributed by atoms with van der Waals surface area (Å²) in [4.78, 5) is 34.5. The molecule has 3 rings (SSSR count). The average Bonchev–Trinajstić information content (AvgIpc) is 2.82. The molecule has 212 valence electrons. The molecule has 15 atom stereocenters. The monoisotopic (exact) mass is 546 g/mol. The molecule has 3 aliphatic rings. The summed E-state index contributed by atoms with van der Waals surface area (Å²) < 4.78 is 24.8. The quantitative estimate of drug-likeness (QED) is 0.141. The van der Waals surface area contributed by atoms with Gasteiger partial charge in [-0.3, -0.25) is 0 Å². The van der Waals surface area contributed by atoms with Crippen molar-refractivity contribution >= 4 is 17.9 Å². The number of hydrogen-bond donors (Lipinski definition) is 11. The molecule has 0 spiro atoms. The topological polar surface area (TPSA) is 320 Å². The Balaban J connectivity index is 1.81. The van der Waals surface area contributed by atoms with Crippen LogP contribution in [0.2, 0.25) is 0 Å². The zero-order valence-electron chi connectivity index (χ0n) is 18.3. The first-order valence-corrected chi connectivity index (χ1v) is 10.6. The molecule has 37 heavy (non-hydrogen) atoms. The number of ether oxygens (including phenoxy) is 5. The number of aliphatic hydroxyl groups excluding tert-OH is 8. The van der Waals surface area contributed by atoms with E-state index in [2.05, 4.69) is 4.74 Å². The molecule has 3 fully saturated rings. The van der Waals surface area contributed by atoms with Crippen molar-refractivity contribution in [2.75, 3.05) is 0 Å². The molecule has 0 amide bonds. The lowest BCUT2D eigenvalue weighted by atomic mass is 9.95. The Morgan fingerprint density at radius 3 is 1.30 bits per heavy atom. The van der Waals surface area contributed by atoms with Crippen LogP contribution in [0.25, 0.3) is 0 Å². The minimum absolute atomic E-state index is 1.79. The van der Waals surface area contributed by atoms with Gasteiger partial charge in [0.2, 0.25) is 0 Å². The van der Waals surface area contributed by atoms with E-state index in [1.165, 1.54) is 0 Å². The van der Waals surface area contributed by atoms with Gasteiger partial charge in [-0.1, -0.05) is 0 Å². The third-order valence-corrected chi connectivity index (χ3v) is 5.99. The summed E-state index contributed by atoms with van der Waals surface area (Å²) >= 11 is 0. The second-order valence-corrected chi connectivity index (χ2v) is 8.45. The third-order valence-electron chi connectivity index (χ3n) is 5.99. The summed E-state index contributed by atoms with van der Waals surface area (Å²) in [5.74, 6) is -5.46. The number of carbonyl (C=O) groups is 3. The van der Waals surface area contributed by atoms with Gasteiger partial charge in [-0.2, -0.15) is 0 Å². The van der Waals surface area contributed by atoms with Crippen LogP contribution in [-0.2, 0) is 38.1 Å². The molecule has 3 heterocycles. The highest BCUT2D eigenvalue weighted by Crippen LogP contribution is 2.32. The normalized spacial score (nSPS) is 48.8. The molecule has 19 heteroatoms. The summed E-state index contributed by atoms with van der Waals surface area (Å²) in [5, 5.41) is 108. The lowest BCUT2D eigenvalue weighted by Crippen LogP contribution is -2.67. The van der Waals surface area contributed by atoms with E-state index in [1.807, 2.05) is 0 Å². The van der Waals surface area contributed by atoms with Gasteiger partial charge >= 0.3 is 17.9 Å². The Bertz CT molecular complexity index is 853. The van der Waals surface area contributed by atoms with E-state index in [1.54, 1.807) is 0 Å². The fourth-order valence-corrected chi connectivity index (χ4v) is 3.98. The van der Waals surface area contributed by atoms with Gasteiger partial charge in [0, 0.05) is 0 Å². The first-order chi connectivity index (χ1) is 17.2. The van der Waals surface area contributed by atoms with Crippen LogP contribution in [0.1, 0.15) is 0 Å². The summed E-state index contributed by atoms with van der Waals surface area (Å²) in [7, 11) is 0. The maximum atomic E-state index is 11.8. The van der Waals surface area contributed by atoms with E-state index in [4.69, 9.17) is 24.1 Å². The molecule has 0 saturated carbocycles. The van der Waals surface area contributed by atoms with E-state index in [0.29, 0.717) is 0 Å².